The second kappa shape index (κ2) is 7.67. The molecule has 3 aromatic rings. The van der Waals surface area contributed by atoms with Crippen molar-refractivity contribution in [1.29, 1.82) is 0 Å². The van der Waals surface area contributed by atoms with Crippen LogP contribution in [0.2, 0.25) is 5.02 Å². The first kappa shape index (κ1) is 19.5. The Bertz CT molecular complexity index is 1210. The quantitative estimate of drug-likeness (QED) is 0.542. The van der Waals surface area contributed by atoms with E-state index >= 15 is 0 Å². The summed E-state index contributed by atoms with van der Waals surface area (Å²) in [6.45, 7) is 1.92. The van der Waals surface area contributed by atoms with Crippen LogP contribution in [0.3, 0.4) is 0 Å². The van der Waals surface area contributed by atoms with Gasteiger partial charge >= 0.3 is 5.97 Å². The van der Waals surface area contributed by atoms with E-state index in [9.17, 15) is 9.59 Å². The average molecular weight is 431 g/mol. The lowest BCUT2D eigenvalue weighted by molar-refractivity contribution is -0.0336. The van der Waals surface area contributed by atoms with Gasteiger partial charge in [0.15, 0.2) is 6.23 Å². The normalized spacial score (nSPS) is 21.9. The number of carbonyl (C=O) groups is 2. The predicted molar refractivity (Wildman–Crippen MR) is 118 cm³/mol. The van der Waals surface area contributed by atoms with Gasteiger partial charge in [-0.2, -0.15) is 0 Å². The van der Waals surface area contributed by atoms with Crippen LogP contribution in [-0.4, -0.2) is 28.8 Å². The smallest absolute Gasteiger partial charge is 0.340 e. The number of rotatable bonds is 3. The molecule has 2 heterocycles. The van der Waals surface area contributed by atoms with Crippen molar-refractivity contribution >= 4 is 29.3 Å². The Morgan fingerprint density at radius 1 is 0.935 bits per heavy atom. The first-order valence-electron chi connectivity index (χ1n) is 10.1. The van der Waals surface area contributed by atoms with Gasteiger partial charge in [0.1, 0.15) is 5.84 Å². The number of hydrogen-bond acceptors (Lipinski definition) is 4. The van der Waals surface area contributed by atoms with Crippen molar-refractivity contribution in [2.75, 3.05) is 0 Å². The Morgan fingerprint density at radius 3 is 2.32 bits per heavy atom. The summed E-state index contributed by atoms with van der Waals surface area (Å²) < 4.78 is 5.94. The van der Waals surface area contributed by atoms with Gasteiger partial charge in [-0.1, -0.05) is 73.1 Å². The molecule has 0 saturated carbocycles. The molecule has 0 saturated heterocycles. The molecule has 154 valence electrons. The van der Waals surface area contributed by atoms with Crippen molar-refractivity contribution in [2.45, 2.75) is 19.2 Å². The predicted octanol–water partition coefficient (Wildman–Crippen LogP) is 5.12. The molecule has 2 aliphatic heterocycles. The molecular weight excluding hydrogens is 412 g/mol. The van der Waals surface area contributed by atoms with E-state index in [2.05, 4.69) is 0 Å². The topological polar surface area (TPSA) is 59.0 Å². The first-order valence-corrected chi connectivity index (χ1v) is 10.5. The lowest BCUT2D eigenvalue weighted by atomic mass is 9.91. The van der Waals surface area contributed by atoms with Crippen molar-refractivity contribution in [1.82, 2.24) is 4.90 Å². The number of hydrogen-bond donors (Lipinski definition) is 0. The number of amidine groups is 1. The highest BCUT2D eigenvalue weighted by atomic mass is 35.5. The van der Waals surface area contributed by atoms with Crippen LogP contribution in [0.15, 0.2) is 83.9 Å². The molecule has 3 atom stereocenters. The number of halogens is 1. The fourth-order valence-corrected chi connectivity index (χ4v) is 4.46. The zero-order valence-electron chi connectivity index (χ0n) is 16.7. The van der Waals surface area contributed by atoms with Crippen LogP contribution in [0.4, 0.5) is 0 Å². The molecule has 0 fully saturated rings. The van der Waals surface area contributed by atoms with Crippen LogP contribution in [-0.2, 0) is 4.74 Å². The molecule has 0 radical (unpaired) electrons. The van der Waals surface area contributed by atoms with Crippen LogP contribution in [0.5, 0.6) is 0 Å². The van der Waals surface area contributed by atoms with Gasteiger partial charge in [0, 0.05) is 16.5 Å². The molecule has 0 aliphatic carbocycles. The molecule has 0 unspecified atom stereocenters. The molecule has 0 N–H and O–H groups in total. The second-order valence-corrected chi connectivity index (χ2v) is 8.07. The largest absolute Gasteiger partial charge is 0.437 e. The zero-order chi connectivity index (χ0) is 21.5. The van der Waals surface area contributed by atoms with Gasteiger partial charge in [-0.15, -0.1) is 0 Å². The van der Waals surface area contributed by atoms with E-state index in [1.54, 1.807) is 30.3 Å². The van der Waals surface area contributed by atoms with E-state index in [1.165, 1.54) is 4.90 Å². The third-order valence-electron chi connectivity index (χ3n) is 5.77. The highest BCUT2D eigenvalue weighted by molar-refractivity contribution is 6.31. The first-order chi connectivity index (χ1) is 15.1. The minimum Gasteiger partial charge on any atom is -0.437 e. The highest BCUT2D eigenvalue weighted by Gasteiger charge is 2.48. The third kappa shape index (κ3) is 3.22. The van der Waals surface area contributed by atoms with Crippen LogP contribution in [0, 0.1) is 5.92 Å². The number of benzene rings is 3. The zero-order valence-corrected chi connectivity index (χ0v) is 17.5. The SMILES string of the molecule is C[C@@H]1[C@@H](c2ccccc2Cl)N=C2c3ccccc3C(=O)N2[C@@H]1OC(=O)c1ccccc1. The maximum absolute atomic E-state index is 13.2. The molecule has 5 rings (SSSR count). The highest BCUT2D eigenvalue weighted by Crippen LogP contribution is 2.42. The van der Waals surface area contributed by atoms with E-state index in [1.807, 2.05) is 55.5 Å². The van der Waals surface area contributed by atoms with Crippen molar-refractivity contribution < 1.29 is 14.3 Å². The Hall–Kier alpha value is -3.44. The molecule has 31 heavy (non-hydrogen) atoms. The van der Waals surface area contributed by atoms with Crippen LogP contribution >= 0.6 is 11.6 Å². The van der Waals surface area contributed by atoms with E-state index in [0.717, 1.165) is 11.1 Å². The molecular formula is C25H19ClN2O3. The number of esters is 1. The van der Waals surface area contributed by atoms with Crippen molar-refractivity contribution in [3.8, 4) is 0 Å². The van der Waals surface area contributed by atoms with Gasteiger partial charge in [0.25, 0.3) is 5.91 Å². The minimum absolute atomic E-state index is 0.218. The van der Waals surface area contributed by atoms with Crippen molar-refractivity contribution in [2.24, 2.45) is 10.9 Å². The number of amides is 1. The average Bonchev–Trinajstić information content (AvgIpc) is 3.08. The summed E-state index contributed by atoms with van der Waals surface area (Å²) in [7, 11) is 0. The summed E-state index contributed by atoms with van der Waals surface area (Å²) >= 11 is 6.49. The molecule has 1 amide bonds. The maximum Gasteiger partial charge on any atom is 0.340 e. The van der Waals surface area contributed by atoms with Crippen molar-refractivity contribution in [3.63, 3.8) is 0 Å². The van der Waals surface area contributed by atoms with Gasteiger partial charge in [0.2, 0.25) is 0 Å². The lowest BCUT2D eigenvalue weighted by Gasteiger charge is -2.39. The summed E-state index contributed by atoms with van der Waals surface area (Å²) in [6, 6.07) is 23.2. The Labute approximate surface area is 184 Å². The van der Waals surface area contributed by atoms with Crippen molar-refractivity contribution in [3.05, 3.63) is 106 Å². The Balaban J connectivity index is 1.61. The minimum atomic E-state index is -0.818. The Kier molecular flexibility index (Phi) is 4.83. The molecule has 0 bridgehead atoms. The van der Waals surface area contributed by atoms with Gasteiger partial charge in [-0.3, -0.25) is 14.7 Å². The maximum atomic E-state index is 13.2. The number of nitrogens with zero attached hydrogens (tertiary/aromatic N) is 2. The third-order valence-corrected chi connectivity index (χ3v) is 6.11. The number of carbonyl (C=O) groups excluding carboxylic acids is 2. The summed E-state index contributed by atoms with van der Waals surface area (Å²) in [5, 5.41) is 0.586. The van der Waals surface area contributed by atoms with Gasteiger partial charge in [-0.05, 0) is 29.8 Å². The molecule has 3 aromatic carbocycles. The van der Waals surface area contributed by atoms with Gasteiger partial charge in [-0.25, -0.2) is 4.79 Å². The number of fused-ring (bicyclic) bond motifs is 3. The number of ether oxygens (including phenoxy) is 1. The molecule has 0 spiro atoms. The number of aliphatic imine (C=N–C) groups is 1. The van der Waals surface area contributed by atoms with E-state index in [-0.39, 0.29) is 17.9 Å². The lowest BCUT2D eigenvalue weighted by Crippen LogP contribution is -2.51. The fraction of sp³-hybridized carbons (Fsp3) is 0.160. The monoisotopic (exact) mass is 430 g/mol. The fourth-order valence-electron chi connectivity index (χ4n) is 4.21. The van der Waals surface area contributed by atoms with Gasteiger partial charge in [0.05, 0.1) is 17.2 Å². The summed E-state index contributed by atoms with van der Waals surface area (Å²) in [4.78, 5) is 32.6. The van der Waals surface area contributed by atoms with E-state index < -0.39 is 12.2 Å². The molecule has 6 heteroatoms. The van der Waals surface area contributed by atoms with E-state index in [4.69, 9.17) is 21.3 Å². The summed E-state index contributed by atoms with van der Waals surface area (Å²) in [5.74, 6) is -0.505. The molecule has 0 aromatic heterocycles. The standard InChI is InChI=1S/C25H19ClN2O3/c1-15-21(19-13-7-8-14-20(19)26)27-22-17-11-5-6-12-18(17)23(29)28(22)24(15)31-25(30)16-9-3-2-4-10-16/h2-15,21,24H,1H3/t15-,21+,24-/m1/s1. The summed E-state index contributed by atoms with van der Waals surface area (Å²) in [6.07, 6.45) is -0.818. The van der Waals surface area contributed by atoms with Crippen LogP contribution in [0.25, 0.3) is 0 Å². The van der Waals surface area contributed by atoms with Crippen LogP contribution < -0.4 is 0 Å². The Morgan fingerprint density at radius 2 is 1.58 bits per heavy atom. The second-order valence-electron chi connectivity index (χ2n) is 7.66. The van der Waals surface area contributed by atoms with E-state index in [0.29, 0.717) is 22.0 Å². The molecule has 5 nitrogen and oxygen atoms in total. The summed E-state index contributed by atoms with van der Waals surface area (Å²) in [5.41, 5.74) is 2.55. The van der Waals surface area contributed by atoms with Gasteiger partial charge < -0.3 is 4.74 Å². The molecule has 2 aliphatic rings. The van der Waals surface area contributed by atoms with Crippen LogP contribution in [0.1, 0.15) is 44.8 Å².